The van der Waals surface area contributed by atoms with Crippen molar-refractivity contribution in [3.63, 3.8) is 0 Å². The minimum atomic E-state index is -1.16. The van der Waals surface area contributed by atoms with Crippen LogP contribution >= 0.6 is 0 Å². The lowest BCUT2D eigenvalue weighted by Crippen LogP contribution is -2.57. The number of ketones is 1. The molecule has 1 heterocycles. The van der Waals surface area contributed by atoms with E-state index in [-0.39, 0.29) is 29.1 Å². The molecule has 2 N–H and O–H groups in total. The number of fused-ring (bicyclic) bond motifs is 5. The summed E-state index contributed by atoms with van der Waals surface area (Å²) in [4.78, 5) is 34.0. The highest BCUT2D eigenvalue weighted by molar-refractivity contribution is 5.96. The van der Waals surface area contributed by atoms with Crippen LogP contribution in [-0.2, 0) is 21.0 Å². The largest absolute Gasteiger partial charge is 0.385 e. The van der Waals surface area contributed by atoms with E-state index in [4.69, 9.17) is 4.84 Å². The van der Waals surface area contributed by atoms with E-state index in [0.717, 1.165) is 56.2 Å². The van der Waals surface area contributed by atoms with Gasteiger partial charge in [0.25, 0.3) is 5.91 Å². The highest BCUT2D eigenvalue weighted by Crippen LogP contribution is 2.67. The van der Waals surface area contributed by atoms with E-state index in [9.17, 15) is 14.7 Å². The average molecular weight is 494 g/mol. The zero-order valence-corrected chi connectivity index (χ0v) is 21.8. The van der Waals surface area contributed by atoms with Gasteiger partial charge in [-0.1, -0.05) is 24.6 Å². The van der Waals surface area contributed by atoms with E-state index in [2.05, 4.69) is 35.4 Å². The first kappa shape index (κ1) is 25.1. The Hall–Kier alpha value is -2.54. The maximum atomic E-state index is 12.4. The van der Waals surface area contributed by atoms with Crippen molar-refractivity contribution in [2.24, 2.45) is 33.7 Å². The molecule has 1 aromatic heterocycles. The lowest BCUT2D eigenvalue weighted by atomic mass is 9.46. The highest BCUT2D eigenvalue weighted by atomic mass is 16.6. The number of amides is 1. The average Bonchev–Trinajstić information content (AvgIpc) is 3.15. The van der Waals surface area contributed by atoms with Gasteiger partial charge >= 0.3 is 0 Å². The molecule has 1 amide bonds. The number of allylic oxidation sites excluding steroid dienone is 2. The normalized spacial score (nSPS) is 38.4. The van der Waals surface area contributed by atoms with Crippen LogP contribution in [0, 0.1) is 28.6 Å². The predicted octanol–water partition coefficient (Wildman–Crippen LogP) is 4.35. The molecule has 0 spiro atoms. The number of oxime groups is 1. The van der Waals surface area contributed by atoms with Crippen molar-refractivity contribution in [3.8, 4) is 0 Å². The molecule has 194 valence electrons. The molecule has 0 aliphatic heterocycles. The fraction of sp³-hybridized carbons (Fsp3) is 0.655. The summed E-state index contributed by atoms with van der Waals surface area (Å²) in [5.41, 5.74) is 2.02. The fourth-order valence-electron chi connectivity index (χ4n) is 8.16. The van der Waals surface area contributed by atoms with E-state index >= 15 is 0 Å². The maximum Gasteiger partial charge on any atom is 0.261 e. The summed E-state index contributed by atoms with van der Waals surface area (Å²) in [5.74, 6) is 1.28. The topological polar surface area (TPSA) is 101 Å². The van der Waals surface area contributed by atoms with Gasteiger partial charge in [-0.15, -0.1) is 0 Å². The molecule has 3 unspecified atom stereocenters. The van der Waals surface area contributed by atoms with Crippen LogP contribution in [0.1, 0.15) is 77.7 Å². The molecule has 5 rings (SSSR count). The standard InChI is InChI=1S/C29H39N3O4/c1-19(33)29(35)13-8-25-23-5-4-21-16-22(6-11-27(21,2)24(23)7-12-28(25,29)3)32-36-18-26(34)31-17-20-9-14-30-15-10-20/h9-10,14-16,23-25,35H,4-8,11-13,17-18H2,1-3H3,(H,31,34)/t23?,24?,25?,27-,28-,29-/m0/s1. The molecule has 0 saturated heterocycles. The van der Waals surface area contributed by atoms with Crippen molar-refractivity contribution in [1.82, 2.24) is 10.3 Å². The number of hydrogen-bond acceptors (Lipinski definition) is 6. The van der Waals surface area contributed by atoms with Crippen LogP contribution in [0.15, 0.2) is 41.3 Å². The third kappa shape index (κ3) is 4.09. The summed E-state index contributed by atoms with van der Waals surface area (Å²) in [6, 6.07) is 3.73. The Kier molecular flexibility index (Phi) is 6.56. The number of pyridine rings is 1. The number of aromatic nitrogens is 1. The molecule has 7 nitrogen and oxygen atoms in total. The third-order valence-corrected chi connectivity index (χ3v) is 10.3. The summed E-state index contributed by atoms with van der Waals surface area (Å²) >= 11 is 0. The lowest BCUT2D eigenvalue weighted by molar-refractivity contribution is -0.159. The Morgan fingerprint density at radius 2 is 1.86 bits per heavy atom. The molecule has 0 radical (unpaired) electrons. The number of Topliss-reactive ketones (excluding diaryl/α,β-unsaturated/α-hetero) is 1. The molecule has 1 aromatic rings. The minimum absolute atomic E-state index is 0.0573. The van der Waals surface area contributed by atoms with Crippen LogP contribution < -0.4 is 5.32 Å². The molecule has 6 atom stereocenters. The summed E-state index contributed by atoms with van der Waals surface area (Å²) < 4.78 is 0. The quantitative estimate of drug-likeness (QED) is 0.574. The molecular formula is C29H39N3O4. The van der Waals surface area contributed by atoms with Gasteiger partial charge in [0, 0.05) is 24.4 Å². The maximum absolute atomic E-state index is 12.4. The first-order chi connectivity index (χ1) is 17.2. The molecule has 3 fully saturated rings. The van der Waals surface area contributed by atoms with E-state index < -0.39 is 5.60 Å². The zero-order chi connectivity index (χ0) is 25.6. The summed E-state index contributed by atoms with van der Waals surface area (Å²) in [6.45, 7) is 6.49. The van der Waals surface area contributed by atoms with Crippen LogP contribution in [0.2, 0.25) is 0 Å². The van der Waals surface area contributed by atoms with E-state index in [0.29, 0.717) is 30.7 Å². The van der Waals surface area contributed by atoms with Gasteiger partial charge in [-0.3, -0.25) is 14.6 Å². The molecule has 4 aliphatic carbocycles. The number of carbonyl (C=O) groups is 2. The molecule has 4 aliphatic rings. The van der Waals surface area contributed by atoms with Gasteiger partial charge in [-0.2, -0.15) is 0 Å². The number of nitrogens with zero attached hydrogens (tertiary/aromatic N) is 2. The van der Waals surface area contributed by atoms with Crippen LogP contribution in [0.5, 0.6) is 0 Å². The smallest absolute Gasteiger partial charge is 0.261 e. The van der Waals surface area contributed by atoms with Gasteiger partial charge in [-0.25, -0.2) is 0 Å². The Balaban J connectivity index is 1.22. The number of nitrogens with one attached hydrogen (secondary N) is 1. The summed E-state index contributed by atoms with van der Waals surface area (Å²) in [7, 11) is 0. The fourth-order valence-corrected chi connectivity index (χ4v) is 8.16. The van der Waals surface area contributed by atoms with Crippen molar-refractivity contribution in [2.45, 2.75) is 84.3 Å². The van der Waals surface area contributed by atoms with Gasteiger partial charge in [0.2, 0.25) is 0 Å². The van der Waals surface area contributed by atoms with E-state index in [1.165, 1.54) is 5.57 Å². The Morgan fingerprint density at radius 1 is 1.11 bits per heavy atom. The van der Waals surface area contributed by atoms with Crippen LogP contribution in [0.3, 0.4) is 0 Å². The van der Waals surface area contributed by atoms with Crippen molar-refractivity contribution in [1.29, 1.82) is 0 Å². The highest BCUT2D eigenvalue weighted by Gasteiger charge is 2.65. The van der Waals surface area contributed by atoms with Gasteiger partial charge < -0.3 is 15.3 Å². The first-order valence-electron chi connectivity index (χ1n) is 13.5. The Morgan fingerprint density at radius 3 is 2.61 bits per heavy atom. The number of hydrogen-bond donors (Lipinski definition) is 2. The summed E-state index contributed by atoms with van der Waals surface area (Å²) in [6.07, 6.45) is 13.1. The molecule has 0 bridgehead atoms. The van der Waals surface area contributed by atoms with Gasteiger partial charge in [0.1, 0.15) is 5.60 Å². The van der Waals surface area contributed by atoms with Crippen molar-refractivity contribution in [3.05, 3.63) is 41.7 Å². The van der Waals surface area contributed by atoms with Crippen LogP contribution in [0.25, 0.3) is 0 Å². The molecule has 3 saturated carbocycles. The Labute approximate surface area is 213 Å². The van der Waals surface area contributed by atoms with Gasteiger partial charge in [0.15, 0.2) is 12.4 Å². The lowest BCUT2D eigenvalue weighted by Gasteiger charge is -2.59. The molecule has 7 heteroatoms. The van der Waals surface area contributed by atoms with Crippen molar-refractivity contribution in [2.75, 3.05) is 6.61 Å². The Bertz CT molecular complexity index is 1090. The number of carbonyl (C=O) groups excluding carboxylic acids is 2. The first-order valence-corrected chi connectivity index (χ1v) is 13.5. The molecule has 36 heavy (non-hydrogen) atoms. The van der Waals surface area contributed by atoms with Crippen LogP contribution in [0.4, 0.5) is 0 Å². The van der Waals surface area contributed by atoms with Gasteiger partial charge in [0.05, 0.1) is 5.71 Å². The number of aliphatic hydroxyl groups is 1. The summed E-state index contributed by atoms with van der Waals surface area (Å²) in [5, 5.41) is 18.5. The zero-order valence-electron chi connectivity index (χ0n) is 21.8. The molecular weight excluding hydrogens is 454 g/mol. The van der Waals surface area contributed by atoms with E-state index in [1.807, 2.05) is 12.1 Å². The monoisotopic (exact) mass is 493 g/mol. The minimum Gasteiger partial charge on any atom is -0.385 e. The van der Waals surface area contributed by atoms with Gasteiger partial charge in [-0.05, 0) is 105 Å². The predicted molar refractivity (Wildman–Crippen MR) is 137 cm³/mol. The van der Waals surface area contributed by atoms with Crippen molar-refractivity contribution < 1.29 is 19.5 Å². The second-order valence-corrected chi connectivity index (χ2v) is 11.9. The van der Waals surface area contributed by atoms with E-state index in [1.54, 1.807) is 19.3 Å². The third-order valence-electron chi connectivity index (χ3n) is 10.3. The second-order valence-electron chi connectivity index (χ2n) is 11.9. The second kappa shape index (κ2) is 9.40. The molecule has 0 aromatic carbocycles. The number of rotatable bonds is 6. The SMILES string of the molecule is CC(=O)[C@@]1(O)CCC2C3CCC4=CC(=NOCC(=O)NCc5ccncc5)CC[C@]4(C)C3CC[C@@]21C. The van der Waals surface area contributed by atoms with Crippen molar-refractivity contribution >= 4 is 17.4 Å². The van der Waals surface area contributed by atoms with Crippen LogP contribution in [-0.4, -0.2) is 39.7 Å².